The first kappa shape index (κ1) is 17.5. The van der Waals surface area contributed by atoms with Gasteiger partial charge in [0, 0.05) is 24.3 Å². The lowest BCUT2D eigenvalue weighted by Crippen LogP contribution is -2.51. The summed E-state index contributed by atoms with van der Waals surface area (Å²) in [6.45, 7) is 11.0. The molecule has 0 saturated heterocycles. The van der Waals surface area contributed by atoms with Crippen LogP contribution in [-0.2, 0) is 8.85 Å². The van der Waals surface area contributed by atoms with Crippen LogP contribution < -0.4 is 0 Å². The van der Waals surface area contributed by atoms with Crippen LogP contribution in [0.15, 0.2) is 0 Å². The lowest BCUT2D eigenvalue weighted by Gasteiger charge is -2.44. The molecule has 2 fully saturated rings. The minimum Gasteiger partial charge on any atom is -0.394 e. The van der Waals surface area contributed by atoms with Crippen molar-refractivity contribution in [3.63, 3.8) is 0 Å². The van der Waals surface area contributed by atoms with Gasteiger partial charge in [0.15, 0.2) is 0 Å². The van der Waals surface area contributed by atoms with Crippen molar-refractivity contribution in [3.05, 3.63) is 0 Å². The van der Waals surface area contributed by atoms with Crippen LogP contribution >= 0.6 is 0 Å². The second-order valence-electron chi connectivity index (χ2n) is 7.57. The molecule has 0 bridgehead atoms. The summed E-state index contributed by atoms with van der Waals surface area (Å²) in [5.74, 6) is 1.78. The van der Waals surface area contributed by atoms with E-state index in [1.807, 2.05) is 0 Å². The van der Waals surface area contributed by atoms with Crippen molar-refractivity contribution in [2.45, 2.75) is 90.1 Å². The molecule has 0 aromatic heterocycles. The van der Waals surface area contributed by atoms with E-state index in [9.17, 15) is 0 Å². The molecule has 3 atom stereocenters. The minimum atomic E-state index is -2.05. The molecule has 0 spiro atoms. The summed E-state index contributed by atoms with van der Waals surface area (Å²) in [5, 5.41) is 0. The third-order valence-corrected chi connectivity index (χ3v) is 10.5. The minimum absolute atomic E-state index is 0.746. The SMILES string of the molecule is CCCO[Si](OCC)(C1CCC(C)CC1)C1CCC(C)C1. The molecule has 2 rings (SSSR count). The Hall–Kier alpha value is 0.137. The van der Waals surface area contributed by atoms with Crippen molar-refractivity contribution >= 4 is 8.56 Å². The molecule has 0 amide bonds. The zero-order chi connectivity index (χ0) is 15.3. The van der Waals surface area contributed by atoms with E-state index >= 15 is 0 Å². The van der Waals surface area contributed by atoms with E-state index in [0.717, 1.165) is 42.6 Å². The van der Waals surface area contributed by atoms with Crippen LogP contribution in [0.4, 0.5) is 0 Å². The maximum atomic E-state index is 6.64. The smallest absolute Gasteiger partial charge is 0.344 e. The lowest BCUT2D eigenvalue weighted by atomic mass is 9.90. The van der Waals surface area contributed by atoms with Crippen molar-refractivity contribution in [2.75, 3.05) is 13.2 Å². The highest BCUT2D eigenvalue weighted by atomic mass is 28.4. The Kier molecular flexibility index (Phi) is 6.76. The van der Waals surface area contributed by atoms with Gasteiger partial charge in [-0.3, -0.25) is 0 Å². The topological polar surface area (TPSA) is 18.5 Å². The van der Waals surface area contributed by atoms with Gasteiger partial charge in [-0.25, -0.2) is 0 Å². The van der Waals surface area contributed by atoms with E-state index in [1.165, 1.54) is 44.9 Å². The fourth-order valence-corrected chi connectivity index (χ4v) is 9.67. The second kappa shape index (κ2) is 8.12. The van der Waals surface area contributed by atoms with Gasteiger partial charge < -0.3 is 8.85 Å². The highest BCUT2D eigenvalue weighted by molar-refractivity contribution is 6.70. The van der Waals surface area contributed by atoms with Crippen LogP contribution in [-0.4, -0.2) is 21.8 Å². The average Bonchev–Trinajstić information content (AvgIpc) is 2.91. The van der Waals surface area contributed by atoms with Crippen LogP contribution in [0.1, 0.15) is 79.1 Å². The molecule has 3 heteroatoms. The highest BCUT2D eigenvalue weighted by Crippen LogP contribution is 2.52. The van der Waals surface area contributed by atoms with Crippen LogP contribution in [0.5, 0.6) is 0 Å². The summed E-state index contributed by atoms with van der Waals surface area (Å²) in [5.41, 5.74) is 1.49. The van der Waals surface area contributed by atoms with Crippen LogP contribution in [0.2, 0.25) is 11.1 Å². The fraction of sp³-hybridized carbons (Fsp3) is 1.00. The summed E-state index contributed by atoms with van der Waals surface area (Å²) >= 11 is 0. The van der Waals surface area contributed by atoms with Gasteiger partial charge in [0.2, 0.25) is 0 Å². The molecule has 2 aliphatic carbocycles. The Morgan fingerprint density at radius 3 is 1.95 bits per heavy atom. The Bertz CT molecular complexity index is 302. The number of rotatable bonds is 7. The Morgan fingerprint density at radius 1 is 0.810 bits per heavy atom. The van der Waals surface area contributed by atoms with Crippen molar-refractivity contribution < 1.29 is 8.85 Å². The second-order valence-corrected chi connectivity index (χ2v) is 11.2. The van der Waals surface area contributed by atoms with E-state index in [1.54, 1.807) is 0 Å². The molecule has 0 heterocycles. The average molecular weight is 313 g/mol. The van der Waals surface area contributed by atoms with Crippen molar-refractivity contribution in [3.8, 4) is 0 Å². The monoisotopic (exact) mass is 312 g/mol. The maximum Gasteiger partial charge on any atom is 0.344 e. The van der Waals surface area contributed by atoms with Gasteiger partial charge in [-0.2, -0.15) is 0 Å². The van der Waals surface area contributed by atoms with Crippen LogP contribution in [0.25, 0.3) is 0 Å². The molecule has 0 N–H and O–H groups in total. The third kappa shape index (κ3) is 4.11. The van der Waals surface area contributed by atoms with Crippen molar-refractivity contribution in [1.29, 1.82) is 0 Å². The molecular formula is C18H36O2Si. The molecule has 124 valence electrons. The van der Waals surface area contributed by atoms with E-state index in [4.69, 9.17) is 8.85 Å². The number of hydrogen-bond donors (Lipinski definition) is 0. The zero-order valence-corrected chi connectivity index (χ0v) is 15.7. The normalized spacial score (nSPS) is 36.6. The predicted molar refractivity (Wildman–Crippen MR) is 91.8 cm³/mol. The summed E-state index contributed by atoms with van der Waals surface area (Å²) in [7, 11) is -2.05. The first-order chi connectivity index (χ1) is 10.1. The predicted octanol–water partition coefficient (Wildman–Crippen LogP) is 5.66. The lowest BCUT2D eigenvalue weighted by molar-refractivity contribution is 0.143. The maximum absolute atomic E-state index is 6.64. The third-order valence-electron chi connectivity index (χ3n) is 5.75. The zero-order valence-electron chi connectivity index (χ0n) is 14.7. The van der Waals surface area contributed by atoms with Gasteiger partial charge in [0.25, 0.3) is 0 Å². The van der Waals surface area contributed by atoms with Gasteiger partial charge in [-0.1, -0.05) is 40.0 Å². The molecule has 0 aromatic carbocycles. The molecule has 2 aliphatic rings. The first-order valence-corrected chi connectivity index (χ1v) is 11.4. The highest BCUT2D eigenvalue weighted by Gasteiger charge is 2.54. The van der Waals surface area contributed by atoms with Gasteiger partial charge in [-0.05, 0) is 50.9 Å². The molecule has 21 heavy (non-hydrogen) atoms. The Labute approximate surface area is 133 Å². The molecular weight excluding hydrogens is 276 g/mol. The van der Waals surface area contributed by atoms with E-state index in [0.29, 0.717) is 0 Å². The van der Waals surface area contributed by atoms with E-state index in [-0.39, 0.29) is 0 Å². The van der Waals surface area contributed by atoms with Crippen LogP contribution in [0, 0.1) is 11.8 Å². The molecule has 2 saturated carbocycles. The molecule has 2 nitrogen and oxygen atoms in total. The summed E-state index contributed by atoms with van der Waals surface area (Å²) in [4.78, 5) is 0. The molecule has 0 radical (unpaired) electrons. The van der Waals surface area contributed by atoms with Gasteiger partial charge in [0.05, 0.1) is 0 Å². The first-order valence-electron chi connectivity index (χ1n) is 9.40. The molecule has 0 aromatic rings. The van der Waals surface area contributed by atoms with Gasteiger partial charge in [-0.15, -0.1) is 0 Å². The summed E-state index contributed by atoms with van der Waals surface area (Å²) < 4.78 is 13.2. The Balaban J connectivity index is 2.17. The summed E-state index contributed by atoms with van der Waals surface area (Å²) in [6, 6.07) is 0. The van der Waals surface area contributed by atoms with E-state index < -0.39 is 8.56 Å². The number of hydrogen-bond acceptors (Lipinski definition) is 2. The van der Waals surface area contributed by atoms with Gasteiger partial charge >= 0.3 is 8.56 Å². The van der Waals surface area contributed by atoms with Gasteiger partial charge in [0.1, 0.15) is 0 Å². The quantitative estimate of drug-likeness (QED) is 0.564. The Morgan fingerprint density at radius 2 is 1.43 bits per heavy atom. The molecule has 3 unspecified atom stereocenters. The standard InChI is InChI=1S/C18H36O2Si/c1-5-13-20-21(19-6-2,18-12-9-16(4)14-18)17-10-7-15(3)8-11-17/h15-18H,5-14H2,1-4H3. The van der Waals surface area contributed by atoms with Crippen LogP contribution in [0.3, 0.4) is 0 Å². The summed E-state index contributed by atoms with van der Waals surface area (Å²) in [6.07, 6.45) is 10.7. The van der Waals surface area contributed by atoms with Crippen molar-refractivity contribution in [2.24, 2.45) is 11.8 Å². The van der Waals surface area contributed by atoms with E-state index in [2.05, 4.69) is 27.7 Å². The molecule has 0 aliphatic heterocycles. The fourth-order valence-electron chi connectivity index (χ4n) is 4.57. The largest absolute Gasteiger partial charge is 0.394 e. The van der Waals surface area contributed by atoms with Crippen molar-refractivity contribution in [1.82, 2.24) is 0 Å².